The molecule has 11 rings (SSSR count). The van der Waals surface area contributed by atoms with Gasteiger partial charge in [0.25, 0.3) is 0 Å². The predicted octanol–water partition coefficient (Wildman–Crippen LogP) is 14.4. The number of para-hydroxylation sites is 1. The standard InChI is InChI=1S/C57H44N3/c1-57(2)53-17-11-10-16-49(53)50-29-28-48(38-54(50)57)59(46-24-18-40(19-25-46)39-12-6-4-7-13-39)47-26-20-41(21-27-47)43-22-30-55-51(36-43)52-37-44(42-32-34-58(3)35-33-42)23-31-56(52)60(55)45-14-8-5-9-15-45/h4-38H,1-3H3/q+1. The summed E-state index contributed by atoms with van der Waals surface area (Å²) in [7, 11) is 2.06. The summed E-state index contributed by atoms with van der Waals surface area (Å²) in [5, 5.41) is 2.48. The van der Waals surface area contributed by atoms with Gasteiger partial charge in [-0.25, -0.2) is 4.57 Å². The molecule has 10 aromatic rings. The summed E-state index contributed by atoms with van der Waals surface area (Å²) < 4.78 is 4.47. The molecule has 0 unspecified atom stereocenters. The number of pyridine rings is 1. The van der Waals surface area contributed by atoms with Crippen molar-refractivity contribution in [3.05, 3.63) is 224 Å². The van der Waals surface area contributed by atoms with Crippen LogP contribution in [0.25, 0.3) is 72.0 Å². The molecule has 2 heterocycles. The highest BCUT2D eigenvalue weighted by Gasteiger charge is 2.35. The Morgan fingerprint density at radius 2 is 0.867 bits per heavy atom. The van der Waals surface area contributed by atoms with Gasteiger partial charge in [0.15, 0.2) is 12.4 Å². The Balaban J connectivity index is 1.02. The van der Waals surface area contributed by atoms with Crippen molar-refractivity contribution in [2.24, 2.45) is 7.05 Å². The Morgan fingerprint density at radius 3 is 1.48 bits per heavy atom. The molecule has 60 heavy (non-hydrogen) atoms. The molecular formula is C57H44N3+. The monoisotopic (exact) mass is 770 g/mol. The van der Waals surface area contributed by atoms with Crippen LogP contribution in [0.4, 0.5) is 17.1 Å². The summed E-state index contributed by atoms with van der Waals surface area (Å²) in [6.07, 6.45) is 4.22. The maximum Gasteiger partial charge on any atom is 0.169 e. The average Bonchev–Trinajstić information content (AvgIpc) is 3.75. The first-order valence-electron chi connectivity index (χ1n) is 20.8. The van der Waals surface area contributed by atoms with E-state index in [0.29, 0.717) is 0 Å². The van der Waals surface area contributed by atoms with E-state index in [1.807, 2.05) is 0 Å². The second kappa shape index (κ2) is 14.1. The number of aromatic nitrogens is 2. The molecule has 0 N–H and O–H groups in total. The first-order valence-corrected chi connectivity index (χ1v) is 20.8. The lowest BCUT2D eigenvalue weighted by atomic mass is 9.82. The average molecular weight is 771 g/mol. The van der Waals surface area contributed by atoms with Crippen LogP contribution in [0.3, 0.4) is 0 Å². The molecule has 0 saturated heterocycles. The van der Waals surface area contributed by atoms with Gasteiger partial charge in [-0.05, 0) is 128 Å². The number of benzene rings is 8. The van der Waals surface area contributed by atoms with Crippen LogP contribution >= 0.6 is 0 Å². The summed E-state index contributed by atoms with van der Waals surface area (Å²) in [5.74, 6) is 0. The molecule has 8 aromatic carbocycles. The molecule has 286 valence electrons. The predicted molar refractivity (Wildman–Crippen MR) is 251 cm³/mol. The second-order valence-corrected chi connectivity index (χ2v) is 16.6. The lowest BCUT2D eigenvalue weighted by molar-refractivity contribution is -0.671. The van der Waals surface area contributed by atoms with Gasteiger partial charge in [0.2, 0.25) is 0 Å². The Kier molecular flexibility index (Phi) is 8.38. The minimum atomic E-state index is -0.100. The van der Waals surface area contributed by atoms with Crippen molar-refractivity contribution >= 4 is 38.9 Å². The van der Waals surface area contributed by atoms with Gasteiger partial charge in [0.1, 0.15) is 7.05 Å². The van der Waals surface area contributed by atoms with Crippen LogP contribution in [0.2, 0.25) is 0 Å². The molecule has 0 radical (unpaired) electrons. The third kappa shape index (κ3) is 5.93. The summed E-state index contributed by atoms with van der Waals surface area (Å²) in [5.41, 5.74) is 19.4. The van der Waals surface area contributed by atoms with E-state index in [-0.39, 0.29) is 5.41 Å². The van der Waals surface area contributed by atoms with Gasteiger partial charge in [-0.3, -0.25) is 0 Å². The summed E-state index contributed by atoms with van der Waals surface area (Å²) in [6.45, 7) is 4.71. The SMILES string of the molecule is C[n+]1ccc(-c2ccc3c(c2)c2cc(-c4ccc(N(c5ccc(-c6ccccc6)cc5)c5ccc6c(c5)C(C)(C)c5ccccc5-6)cc4)ccc2n3-c2ccccc2)cc1. The molecule has 0 amide bonds. The molecule has 1 aliphatic rings. The smallest absolute Gasteiger partial charge is 0.169 e. The van der Waals surface area contributed by atoms with Crippen LogP contribution in [0, 0.1) is 0 Å². The van der Waals surface area contributed by atoms with Gasteiger partial charge in [-0.15, -0.1) is 0 Å². The topological polar surface area (TPSA) is 12.1 Å². The number of rotatable bonds is 7. The van der Waals surface area contributed by atoms with Crippen LogP contribution in [-0.2, 0) is 12.5 Å². The number of hydrogen-bond acceptors (Lipinski definition) is 1. The minimum absolute atomic E-state index is 0.100. The fourth-order valence-electron chi connectivity index (χ4n) is 9.45. The Morgan fingerprint density at radius 1 is 0.400 bits per heavy atom. The van der Waals surface area contributed by atoms with Crippen molar-refractivity contribution in [2.75, 3.05) is 4.90 Å². The van der Waals surface area contributed by atoms with E-state index in [1.165, 1.54) is 77.4 Å². The van der Waals surface area contributed by atoms with Gasteiger partial charge >= 0.3 is 0 Å². The third-order valence-corrected chi connectivity index (χ3v) is 12.6. The molecule has 1 aliphatic carbocycles. The number of anilines is 3. The highest BCUT2D eigenvalue weighted by Crippen LogP contribution is 2.51. The van der Waals surface area contributed by atoms with Crippen LogP contribution in [0.1, 0.15) is 25.0 Å². The molecular weight excluding hydrogens is 727 g/mol. The van der Waals surface area contributed by atoms with Crippen molar-refractivity contribution < 1.29 is 4.57 Å². The van der Waals surface area contributed by atoms with Gasteiger partial charge in [0, 0.05) is 51.1 Å². The summed E-state index contributed by atoms with van der Waals surface area (Å²) in [6, 6.07) is 73.5. The van der Waals surface area contributed by atoms with Gasteiger partial charge < -0.3 is 9.47 Å². The molecule has 3 nitrogen and oxygen atoms in total. The summed E-state index contributed by atoms with van der Waals surface area (Å²) >= 11 is 0. The largest absolute Gasteiger partial charge is 0.310 e. The molecule has 0 saturated carbocycles. The van der Waals surface area contributed by atoms with E-state index >= 15 is 0 Å². The zero-order chi connectivity index (χ0) is 40.4. The Labute approximate surface area is 351 Å². The molecule has 2 aromatic heterocycles. The normalized spacial score (nSPS) is 12.7. The van der Waals surface area contributed by atoms with Crippen molar-refractivity contribution in [3.8, 4) is 50.2 Å². The van der Waals surface area contributed by atoms with E-state index in [9.17, 15) is 0 Å². The molecule has 0 spiro atoms. The van der Waals surface area contributed by atoms with E-state index < -0.39 is 0 Å². The summed E-state index contributed by atoms with van der Waals surface area (Å²) in [4.78, 5) is 2.40. The molecule has 0 bridgehead atoms. The van der Waals surface area contributed by atoms with Gasteiger partial charge in [-0.2, -0.15) is 0 Å². The van der Waals surface area contributed by atoms with Crippen molar-refractivity contribution in [1.82, 2.24) is 4.57 Å². The van der Waals surface area contributed by atoms with Crippen LogP contribution in [-0.4, -0.2) is 4.57 Å². The van der Waals surface area contributed by atoms with E-state index in [0.717, 1.165) is 22.7 Å². The third-order valence-electron chi connectivity index (χ3n) is 12.6. The quantitative estimate of drug-likeness (QED) is 0.147. The zero-order valence-electron chi connectivity index (χ0n) is 34.0. The highest BCUT2D eigenvalue weighted by molar-refractivity contribution is 6.11. The van der Waals surface area contributed by atoms with Crippen LogP contribution in [0.5, 0.6) is 0 Å². The number of hydrogen-bond donors (Lipinski definition) is 0. The first-order chi connectivity index (χ1) is 29.4. The zero-order valence-corrected chi connectivity index (χ0v) is 34.0. The van der Waals surface area contributed by atoms with Gasteiger partial charge in [0.05, 0.1) is 11.0 Å². The number of aryl methyl sites for hydroxylation is 1. The van der Waals surface area contributed by atoms with E-state index in [1.54, 1.807) is 0 Å². The lowest BCUT2D eigenvalue weighted by Gasteiger charge is -2.28. The van der Waals surface area contributed by atoms with Crippen LogP contribution < -0.4 is 9.47 Å². The molecule has 0 aliphatic heterocycles. The van der Waals surface area contributed by atoms with Crippen LogP contribution in [0.15, 0.2) is 213 Å². The first kappa shape index (κ1) is 35.7. The fraction of sp³-hybridized carbons (Fsp3) is 0.0702. The van der Waals surface area contributed by atoms with Crippen molar-refractivity contribution in [3.63, 3.8) is 0 Å². The molecule has 0 fully saturated rings. The molecule has 0 atom stereocenters. The Hall–Kier alpha value is -7.49. The van der Waals surface area contributed by atoms with Gasteiger partial charge in [-0.1, -0.05) is 129 Å². The van der Waals surface area contributed by atoms with E-state index in [4.69, 9.17) is 0 Å². The maximum atomic E-state index is 2.41. The Bertz CT molecular complexity index is 3200. The fourth-order valence-corrected chi connectivity index (χ4v) is 9.45. The lowest BCUT2D eigenvalue weighted by Crippen LogP contribution is -2.25. The maximum absolute atomic E-state index is 2.41. The van der Waals surface area contributed by atoms with Crippen molar-refractivity contribution in [2.45, 2.75) is 19.3 Å². The van der Waals surface area contributed by atoms with Crippen molar-refractivity contribution in [1.29, 1.82) is 0 Å². The molecule has 3 heteroatoms. The number of nitrogens with zero attached hydrogens (tertiary/aromatic N) is 3. The van der Waals surface area contributed by atoms with E-state index in [2.05, 4.69) is 248 Å². The second-order valence-electron chi connectivity index (χ2n) is 16.6. The minimum Gasteiger partial charge on any atom is -0.310 e. The highest BCUT2D eigenvalue weighted by atomic mass is 15.1. The number of fused-ring (bicyclic) bond motifs is 6.